The molecule has 1 saturated carbocycles. The second kappa shape index (κ2) is 7.09. The van der Waals surface area contributed by atoms with E-state index in [-0.39, 0.29) is 10.9 Å². The van der Waals surface area contributed by atoms with E-state index in [4.69, 9.17) is 4.74 Å². The summed E-state index contributed by atoms with van der Waals surface area (Å²) in [5.74, 6) is 0.250. The molecule has 0 spiro atoms. The second-order valence-corrected chi connectivity index (χ2v) is 7.81. The van der Waals surface area contributed by atoms with Gasteiger partial charge in [-0.2, -0.15) is 0 Å². The summed E-state index contributed by atoms with van der Waals surface area (Å²) in [6.07, 6.45) is 8.88. The van der Waals surface area contributed by atoms with Crippen molar-refractivity contribution in [2.45, 2.75) is 37.0 Å². The van der Waals surface area contributed by atoms with E-state index in [0.717, 1.165) is 6.42 Å². The molecule has 0 saturated heterocycles. The van der Waals surface area contributed by atoms with E-state index < -0.39 is 9.84 Å². The van der Waals surface area contributed by atoms with Crippen LogP contribution >= 0.6 is 0 Å². The van der Waals surface area contributed by atoms with Gasteiger partial charge in [-0.05, 0) is 30.0 Å². The lowest BCUT2D eigenvalue weighted by molar-refractivity contribution is -0.133. The fourth-order valence-electron chi connectivity index (χ4n) is 2.84. The van der Waals surface area contributed by atoms with E-state index in [0.29, 0.717) is 17.1 Å². The monoisotopic (exact) mass is 322 g/mol. The van der Waals surface area contributed by atoms with Crippen molar-refractivity contribution in [1.29, 1.82) is 0 Å². The number of sulfone groups is 1. The van der Waals surface area contributed by atoms with Crippen molar-refractivity contribution >= 4 is 21.4 Å². The van der Waals surface area contributed by atoms with Crippen LogP contribution in [0.25, 0.3) is 5.57 Å². The molecule has 1 fully saturated rings. The summed E-state index contributed by atoms with van der Waals surface area (Å²) in [5.41, 5.74) is 1.20. The van der Waals surface area contributed by atoms with Gasteiger partial charge in [-0.1, -0.05) is 43.9 Å². The maximum atomic E-state index is 12.0. The predicted molar refractivity (Wildman–Crippen MR) is 86.1 cm³/mol. The molecular weight excluding hydrogens is 300 g/mol. The Morgan fingerprint density at radius 2 is 1.82 bits per heavy atom. The number of rotatable bonds is 5. The van der Waals surface area contributed by atoms with Crippen molar-refractivity contribution in [3.05, 3.63) is 35.9 Å². The number of ether oxygens (including phenoxy) is 1. The molecule has 120 valence electrons. The minimum atomic E-state index is -3.23. The predicted octanol–water partition coefficient (Wildman–Crippen LogP) is 3.23. The van der Waals surface area contributed by atoms with Gasteiger partial charge < -0.3 is 4.74 Å². The number of benzene rings is 1. The fraction of sp³-hybridized carbons (Fsp3) is 0.471. The highest BCUT2D eigenvalue weighted by Crippen LogP contribution is 2.29. The van der Waals surface area contributed by atoms with E-state index in [1.807, 2.05) is 6.08 Å². The molecule has 1 aliphatic carbocycles. The normalized spacial score (nSPS) is 16.7. The Bertz CT molecular complexity index is 650. The van der Waals surface area contributed by atoms with E-state index >= 15 is 0 Å². The SMILES string of the molecule is COC(=O)/C(=C/CC1CCCC1)c1ccc(S(C)(=O)=O)cc1. The summed E-state index contributed by atoms with van der Waals surface area (Å²) in [5, 5.41) is 0. The van der Waals surface area contributed by atoms with E-state index in [1.165, 1.54) is 51.2 Å². The van der Waals surface area contributed by atoms with Gasteiger partial charge in [0.15, 0.2) is 9.84 Å². The van der Waals surface area contributed by atoms with Gasteiger partial charge in [-0.25, -0.2) is 13.2 Å². The standard InChI is InChI=1S/C17H22O4S/c1-21-17(18)16(12-7-13-5-3-4-6-13)14-8-10-15(11-9-14)22(2,19)20/h8-13H,3-7H2,1-2H3/b16-12+. The van der Waals surface area contributed by atoms with Crippen LogP contribution in [-0.4, -0.2) is 27.8 Å². The Balaban J connectivity index is 2.24. The van der Waals surface area contributed by atoms with E-state index in [9.17, 15) is 13.2 Å². The van der Waals surface area contributed by atoms with Gasteiger partial charge in [0.25, 0.3) is 0 Å². The van der Waals surface area contributed by atoms with E-state index in [1.54, 1.807) is 12.1 Å². The lowest BCUT2D eigenvalue weighted by atomic mass is 9.99. The molecule has 0 amide bonds. The summed E-state index contributed by atoms with van der Waals surface area (Å²) in [6, 6.07) is 6.37. The summed E-state index contributed by atoms with van der Waals surface area (Å²) in [6.45, 7) is 0. The van der Waals surface area contributed by atoms with Crippen molar-refractivity contribution in [2.24, 2.45) is 5.92 Å². The maximum Gasteiger partial charge on any atom is 0.338 e. The molecule has 0 aromatic heterocycles. The van der Waals surface area contributed by atoms with Gasteiger partial charge in [-0.3, -0.25) is 0 Å². The van der Waals surface area contributed by atoms with Gasteiger partial charge in [0.2, 0.25) is 0 Å². The Morgan fingerprint density at radius 1 is 1.23 bits per heavy atom. The Morgan fingerprint density at radius 3 is 2.32 bits per heavy atom. The minimum absolute atomic E-state index is 0.247. The molecule has 0 heterocycles. The summed E-state index contributed by atoms with van der Waals surface area (Å²) in [4.78, 5) is 12.2. The third-order valence-electron chi connectivity index (χ3n) is 4.13. The lowest BCUT2D eigenvalue weighted by Gasteiger charge is -2.09. The van der Waals surface area contributed by atoms with E-state index in [2.05, 4.69) is 0 Å². The summed E-state index contributed by atoms with van der Waals surface area (Å²) in [7, 11) is -1.87. The fourth-order valence-corrected chi connectivity index (χ4v) is 3.47. The topological polar surface area (TPSA) is 60.4 Å². The van der Waals surface area contributed by atoms with Crippen LogP contribution in [0.15, 0.2) is 35.2 Å². The molecule has 5 heteroatoms. The number of esters is 1. The highest BCUT2D eigenvalue weighted by atomic mass is 32.2. The molecule has 1 aliphatic rings. The van der Waals surface area contributed by atoms with Crippen molar-refractivity contribution < 1.29 is 17.9 Å². The second-order valence-electron chi connectivity index (χ2n) is 5.79. The van der Waals surface area contributed by atoms with Crippen LogP contribution in [0.3, 0.4) is 0 Å². The van der Waals surface area contributed by atoms with Crippen LogP contribution in [0.4, 0.5) is 0 Å². The quantitative estimate of drug-likeness (QED) is 0.617. The van der Waals surface area contributed by atoms with Crippen LogP contribution in [0.2, 0.25) is 0 Å². The molecule has 0 N–H and O–H groups in total. The first-order valence-electron chi connectivity index (χ1n) is 7.51. The first kappa shape index (κ1) is 16.7. The zero-order chi connectivity index (χ0) is 16.2. The zero-order valence-electron chi connectivity index (χ0n) is 13.0. The Hall–Kier alpha value is -1.62. The molecule has 1 aromatic carbocycles. The Labute approximate surface area is 132 Å². The third-order valence-corrected chi connectivity index (χ3v) is 5.26. The van der Waals surface area contributed by atoms with Crippen LogP contribution in [0.5, 0.6) is 0 Å². The molecule has 0 bridgehead atoms. The molecule has 2 rings (SSSR count). The number of hydrogen-bond acceptors (Lipinski definition) is 4. The van der Waals surface area contributed by atoms with Crippen molar-refractivity contribution in [2.75, 3.05) is 13.4 Å². The average Bonchev–Trinajstić information content (AvgIpc) is 3.00. The number of carbonyl (C=O) groups excluding carboxylic acids is 1. The number of allylic oxidation sites excluding steroid dienone is 1. The molecule has 0 radical (unpaired) electrons. The average molecular weight is 322 g/mol. The maximum absolute atomic E-state index is 12.0. The van der Waals surface area contributed by atoms with Crippen LogP contribution in [-0.2, 0) is 19.4 Å². The van der Waals surface area contributed by atoms with Gasteiger partial charge in [0.1, 0.15) is 0 Å². The van der Waals surface area contributed by atoms with Crippen LogP contribution in [0, 0.1) is 5.92 Å². The lowest BCUT2D eigenvalue weighted by Crippen LogP contribution is -2.05. The van der Waals surface area contributed by atoms with Crippen molar-refractivity contribution in [3.63, 3.8) is 0 Å². The van der Waals surface area contributed by atoms with Crippen LogP contribution in [0.1, 0.15) is 37.7 Å². The Kier molecular flexibility index (Phi) is 5.40. The molecule has 0 atom stereocenters. The number of hydrogen-bond donors (Lipinski definition) is 0. The van der Waals surface area contributed by atoms with Crippen molar-refractivity contribution in [3.8, 4) is 0 Å². The third kappa shape index (κ3) is 4.19. The summed E-state index contributed by atoms with van der Waals surface area (Å²) >= 11 is 0. The minimum Gasteiger partial charge on any atom is -0.465 e. The molecule has 4 nitrogen and oxygen atoms in total. The number of methoxy groups -OCH3 is 1. The van der Waals surface area contributed by atoms with Gasteiger partial charge in [0.05, 0.1) is 17.6 Å². The smallest absolute Gasteiger partial charge is 0.338 e. The number of carbonyl (C=O) groups is 1. The molecule has 22 heavy (non-hydrogen) atoms. The molecule has 0 aliphatic heterocycles. The highest BCUT2D eigenvalue weighted by molar-refractivity contribution is 7.90. The molecule has 0 unspecified atom stereocenters. The summed E-state index contributed by atoms with van der Waals surface area (Å²) < 4.78 is 27.8. The molecule has 1 aromatic rings. The van der Waals surface area contributed by atoms with Gasteiger partial charge in [-0.15, -0.1) is 0 Å². The zero-order valence-corrected chi connectivity index (χ0v) is 13.9. The van der Waals surface area contributed by atoms with Crippen molar-refractivity contribution in [1.82, 2.24) is 0 Å². The largest absolute Gasteiger partial charge is 0.465 e. The highest BCUT2D eigenvalue weighted by Gasteiger charge is 2.17. The molecular formula is C17H22O4S. The van der Waals surface area contributed by atoms with Gasteiger partial charge >= 0.3 is 5.97 Å². The first-order valence-corrected chi connectivity index (χ1v) is 9.40. The van der Waals surface area contributed by atoms with Crippen LogP contribution < -0.4 is 0 Å². The van der Waals surface area contributed by atoms with Gasteiger partial charge in [0, 0.05) is 6.26 Å². The first-order chi connectivity index (χ1) is 10.4.